The van der Waals surface area contributed by atoms with Crippen LogP contribution >= 0.6 is 35.3 Å². The molecule has 16 heteroatoms. The van der Waals surface area contributed by atoms with Crippen LogP contribution < -0.4 is 19.8 Å². The number of piperazine rings is 1. The zero-order valence-electron chi connectivity index (χ0n) is 35.3. The van der Waals surface area contributed by atoms with Crippen molar-refractivity contribution in [3.63, 3.8) is 0 Å². The van der Waals surface area contributed by atoms with Crippen LogP contribution in [0.5, 0.6) is 0 Å². The Labute approximate surface area is 384 Å². The lowest BCUT2D eigenvalue weighted by Crippen LogP contribution is -2.46. The average molecular weight is 953 g/mol. The molecule has 0 saturated carbocycles. The van der Waals surface area contributed by atoms with Crippen LogP contribution in [0.4, 0.5) is 35.9 Å². The van der Waals surface area contributed by atoms with E-state index in [1.165, 1.54) is 17.8 Å². The molecule has 2 heterocycles. The minimum Gasteiger partial charge on any atom is -0.383 e. The number of anilines is 4. The summed E-state index contributed by atoms with van der Waals surface area (Å²) in [6.45, 7) is 10.5. The van der Waals surface area contributed by atoms with Gasteiger partial charge in [0.1, 0.15) is 4.90 Å². The van der Waals surface area contributed by atoms with Crippen LogP contribution in [0.1, 0.15) is 32.4 Å². The average Bonchev–Trinajstić information content (AvgIpc) is 3.64. The maximum atomic E-state index is 13.8. The van der Waals surface area contributed by atoms with E-state index in [9.17, 15) is 25.8 Å². The van der Waals surface area contributed by atoms with Crippen molar-refractivity contribution in [1.29, 1.82) is 0 Å². The summed E-state index contributed by atoms with van der Waals surface area (Å²) in [4.78, 5) is 6.05. The second-order valence-electron chi connectivity index (χ2n) is 15.3. The van der Waals surface area contributed by atoms with Crippen LogP contribution in [0, 0.1) is 0 Å². The van der Waals surface area contributed by atoms with Crippen molar-refractivity contribution in [3.8, 4) is 22.4 Å². The van der Waals surface area contributed by atoms with Crippen molar-refractivity contribution >= 4 is 78.7 Å². The molecule has 332 valence electrons. The SMILES string of the molecule is CCn1c(-c2ccc(Cl)cc2)c(-c2cccc(N3CCN(c4ccc(NSc5ccc(NCCSc6ccccc6)c(S(=O)(=O)C(F)(F)F)c5)cc4)CC3)c2)c(S(C)=O)c1C(C)C. The fraction of sp³-hybridized carbons (Fsp3) is 0.277. The third-order valence-electron chi connectivity index (χ3n) is 10.8. The Bertz CT molecular complexity index is 2650. The highest BCUT2D eigenvalue weighted by Crippen LogP contribution is 2.45. The van der Waals surface area contributed by atoms with Crippen molar-refractivity contribution in [2.75, 3.05) is 64.6 Å². The van der Waals surface area contributed by atoms with Gasteiger partial charge in [-0.2, -0.15) is 13.2 Å². The number of alkyl halides is 3. The molecular formula is C47H49ClF3N5O3S4. The summed E-state index contributed by atoms with van der Waals surface area (Å²) in [5.74, 6) is 0.684. The molecule has 2 N–H and O–H groups in total. The van der Waals surface area contributed by atoms with Gasteiger partial charge in [0.05, 0.1) is 27.1 Å². The van der Waals surface area contributed by atoms with Crippen molar-refractivity contribution < 1.29 is 25.8 Å². The van der Waals surface area contributed by atoms with E-state index < -0.39 is 31.0 Å². The number of hydrogen-bond donors (Lipinski definition) is 2. The summed E-state index contributed by atoms with van der Waals surface area (Å²) in [5.41, 5.74) is 2.42. The Hall–Kier alpha value is -4.54. The molecule has 63 heavy (non-hydrogen) atoms. The standard InChI is InChI=1S/C47H49ClF3N5O3S4/c1-5-56-44(32(2)3)46(62(4)57)43(45(56)33-14-16-35(48)17-15-33)34-10-9-11-38(30-34)55-27-25-54(26-28-55)37-20-18-36(19-21-37)53-61-40-22-23-41(42(31-40)63(58,59)47(49,50)51)52-24-29-60-39-12-7-6-8-13-39/h6-23,30-32,52-53H,5,24-29H2,1-4H3. The first-order valence-corrected chi connectivity index (χ1v) is 25.7. The second kappa shape index (κ2) is 20.1. The first-order chi connectivity index (χ1) is 30.2. The van der Waals surface area contributed by atoms with E-state index in [-0.39, 0.29) is 18.2 Å². The number of hydrogen-bond acceptors (Lipinski definition) is 9. The lowest BCUT2D eigenvalue weighted by molar-refractivity contribution is -0.0435. The fourth-order valence-corrected chi connectivity index (χ4v) is 11.6. The van der Waals surface area contributed by atoms with Gasteiger partial charge in [0.2, 0.25) is 0 Å². The zero-order chi connectivity index (χ0) is 44.9. The summed E-state index contributed by atoms with van der Waals surface area (Å²) in [7, 11) is -6.86. The van der Waals surface area contributed by atoms with Crippen molar-refractivity contribution in [2.45, 2.75) is 58.3 Å². The lowest BCUT2D eigenvalue weighted by Gasteiger charge is -2.37. The Morgan fingerprint density at radius 2 is 1.46 bits per heavy atom. The molecule has 5 aromatic carbocycles. The van der Waals surface area contributed by atoms with Crippen molar-refractivity contribution in [3.05, 3.63) is 132 Å². The van der Waals surface area contributed by atoms with Gasteiger partial charge < -0.3 is 24.4 Å². The number of halogens is 4. The second-order valence-corrected chi connectivity index (χ2v) is 21.0. The predicted octanol–water partition coefficient (Wildman–Crippen LogP) is 12.3. The van der Waals surface area contributed by atoms with E-state index >= 15 is 0 Å². The number of rotatable bonds is 16. The molecule has 1 atom stereocenters. The highest BCUT2D eigenvalue weighted by atomic mass is 35.5. The monoisotopic (exact) mass is 951 g/mol. The largest absolute Gasteiger partial charge is 0.501 e. The van der Waals surface area contributed by atoms with E-state index in [1.54, 1.807) is 12.3 Å². The molecule has 8 nitrogen and oxygen atoms in total. The number of aromatic nitrogens is 1. The summed E-state index contributed by atoms with van der Waals surface area (Å²) >= 11 is 8.86. The quantitative estimate of drug-likeness (QED) is 0.0560. The molecule has 1 saturated heterocycles. The fourth-order valence-electron chi connectivity index (χ4n) is 7.85. The molecule has 0 aliphatic carbocycles. The molecule has 6 aromatic rings. The first kappa shape index (κ1) is 46.5. The van der Waals surface area contributed by atoms with Crippen molar-refractivity contribution in [1.82, 2.24) is 4.57 Å². The maximum Gasteiger partial charge on any atom is 0.501 e. The van der Waals surface area contributed by atoms with E-state index in [2.05, 4.69) is 69.4 Å². The van der Waals surface area contributed by atoms with Gasteiger partial charge in [0, 0.05) is 94.4 Å². The molecule has 1 unspecified atom stereocenters. The van der Waals surface area contributed by atoms with Crippen molar-refractivity contribution in [2.24, 2.45) is 0 Å². The summed E-state index contributed by atoms with van der Waals surface area (Å²) < 4.78 is 85.6. The van der Waals surface area contributed by atoms with Crippen LogP contribution in [0.25, 0.3) is 22.4 Å². The Morgan fingerprint density at radius 3 is 2.08 bits per heavy atom. The Balaban J connectivity index is 1.02. The molecule has 7 rings (SSSR count). The van der Waals surface area contributed by atoms with Crippen LogP contribution in [0.3, 0.4) is 0 Å². The topological polar surface area (TPSA) is 86.7 Å². The van der Waals surface area contributed by atoms with Gasteiger partial charge in [-0.25, -0.2) is 8.42 Å². The molecular weight excluding hydrogens is 903 g/mol. The van der Waals surface area contributed by atoms with Gasteiger partial charge in [0.25, 0.3) is 9.84 Å². The molecule has 1 aromatic heterocycles. The number of nitrogens with one attached hydrogen (secondary N) is 2. The van der Waals surface area contributed by atoms with Gasteiger partial charge in [-0.05, 0) is 115 Å². The maximum absolute atomic E-state index is 13.8. The Morgan fingerprint density at radius 1 is 0.794 bits per heavy atom. The minimum atomic E-state index is -5.62. The van der Waals surface area contributed by atoms with E-state index in [1.807, 2.05) is 78.9 Å². The number of nitrogens with zero attached hydrogens (tertiary/aromatic N) is 3. The van der Waals surface area contributed by atoms with Crippen LogP contribution in [-0.4, -0.2) is 67.4 Å². The smallest absolute Gasteiger partial charge is 0.383 e. The number of sulfone groups is 1. The molecule has 1 fully saturated rings. The molecule has 1 aliphatic rings. The third kappa shape index (κ3) is 10.5. The van der Waals surface area contributed by atoms with Crippen LogP contribution in [0.15, 0.2) is 141 Å². The van der Waals surface area contributed by atoms with Gasteiger partial charge in [-0.1, -0.05) is 67.9 Å². The molecule has 0 amide bonds. The van der Waals surface area contributed by atoms with Gasteiger partial charge >= 0.3 is 5.51 Å². The molecule has 0 bridgehead atoms. The molecule has 0 spiro atoms. The van der Waals surface area contributed by atoms with E-state index in [0.717, 1.165) is 100.0 Å². The van der Waals surface area contributed by atoms with E-state index in [4.69, 9.17) is 11.6 Å². The highest BCUT2D eigenvalue weighted by Gasteiger charge is 2.48. The summed E-state index contributed by atoms with van der Waals surface area (Å²) in [5, 5.41) is 3.55. The number of thioether (sulfide) groups is 1. The molecule has 0 radical (unpaired) electrons. The first-order valence-electron chi connectivity index (χ1n) is 20.5. The lowest BCUT2D eigenvalue weighted by atomic mass is 9.99. The zero-order valence-corrected chi connectivity index (χ0v) is 39.3. The van der Waals surface area contributed by atoms with E-state index in [0.29, 0.717) is 21.4 Å². The Kier molecular flexibility index (Phi) is 14.8. The minimum absolute atomic E-state index is 0.0963. The van der Waals surface area contributed by atoms with Gasteiger partial charge in [-0.15, -0.1) is 11.8 Å². The predicted molar refractivity (Wildman–Crippen MR) is 258 cm³/mol. The number of benzene rings is 5. The molecule has 1 aliphatic heterocycles. The van der Waals surface area contributed by atoms with Gasteiger partial charge in [-0.3, -0.25) is 4.21 Å². The van der Waals surface area contributed by atoms with Gasteiger partial charge in [0.15, 0.2) is 0 Å². The van der Waals surface area contributed by atoms with Crippen LogP contribution in [-0.2, 0) is 27.2 Å². The summed E-state index contributed by atoms with van der Waals surface area (Å²) in [6.07, 6.45) is 1.76. The van der Waals surface area contributed by atoms with Crippen LogP contribution in [0.2, 0.25) is 5.02 Å². The summed E-state index contributed by atoms with van der Waals surface area (Å²) in [6, 6.07) is 37.7. The normalized spacial score (nSPS) is 14.0. The highest BCUT2D eigenvalue weighted by molar-refractivity contribution is 8.00. The third-order valence-corrected chi connectivity index (χ3v) is 15.4.